The minimum atomic E-state index is -4.49. The Hall–Kier alpha value is -2.60. The lowest BCUT2D eigenvalue weighted by molar-refractivity contribution is -0.138. The van der Waals surface area contributed by atoms with Gasteiger partial charge in [-0.25, -0.2) is 13.2 Å². The fourth-order valence-corrected chi connectivity index (χ4v) is 5.82. The van der Waals surface area contributed by atoms with Crippen molar-refractivity contribution in [2.45, 2.75) is 56.1 Å². The van der Waals surface area contributed by atoms with Gasteiger partial charge in [-0.1, -0.05) is 12.1 Å². The topological polar surface area (TPSA) is 107 Å². The minimum Gasteiger partial charge on any atom is -0.393 e. The standard InChI is InChI=1S/C24H31F3N4O4S/c1-15-3-4-16(10-21(15)24(25,26)27)17-9-18(22-11-19(28-29-22)14-36(2,34)35)13-31(12-17)23(33)30-7-5-20(32)6-8-30/h3-4,10-11,17-18,20,32H,5-9,12-14H2,1-2H3,(H,28,29). The average molecular weight is 529 g/mol. The molecule has 2 aliphatic rings. The lowest BCUT2D eigenvalue weighted by Crippen LogP contribution is -2.51. The summed E-state index contributed by atoms with van der Waals surface area (Å²) in [6.45, 7) is 2.82. The van der Waals surface area contributed by atoms with E-state index >= 15 is 0 Å². The maximum atomic E-state index is 13.6. The largest absolute Gasteiger partial charge is 0.416 e. The number of amides is 2. The molecule has 0 bridgehead atoms. The third kappa shape index (κ3) is 6.20. The van der Waals surface area contributed by atoms with Gasteiger partial charge < -0.3 is 14.9 Å². The van der Waals surface area contributed by atoms with Crippen molar-refractivity contribution in [3.05, 3.63) is 52.3 Å². The Balaban J connectivity index is 1.63. The molecule has 2 fully saturated rings. The molecule has 12 heteroatoms. The molecule has 2 aromatic rings. The van der Waals surface area contributed by atoms with E-state index in [1.165, 1.54) is 19.1 Å². The van der Waals surface area contributed by atoms with Crippen molar-refractivity contribution in [3.8, 4) is 0 Å². The summed E-state index contributed by atoms with van der Waals surface area (Å²) in [7, 11) is -3.28. The van der Waals surface area contributed by atoms with E-state index in [0.29, 0.717) is 55.8 Å². The molecule has 0 saturated carbocycles. The SMILES string of the molecule is Cc1ccc(C2CC(c3cc(CS(C)(=O)=O)[nH]n3)CN(C(=O)N3CCC(O)CC3)C2)cc1C(F)(F)F. The number of aromatic amines is 1. The second-order valence-electron chi connectivity index (χ2n) is 10.00. The molecule has 2 unspecified atom stereocenters. The van der Waals surface area contributed by atoms with Gasteiger partial charge in [-0.15, -0.1) is 0 Å². The number of halogens is 3. The number of carbonyl (C=O) groups excluding carboxylic acids is 1. The van der Waals surface area contributed by atoms with Crippen molar-refractivity contribution < 1.29 is 31.5 Å². The van der Waals surface area contributed by atoms with Gasteiger partial charge in [0.1, 0.15) is 0 Å². The first-order chi connectivity index (χ1) is 16.8. The van der Waals surface area contributed by atoms with E-state index in [1.807, 2.05) is 0 Å². The van der Waals surface area contributed by atoms with E-state index in [9.17, 15) is 31.5 Å². The first kappa shape index (κ1) is 26.5. The first-order valence-electron chi connectivity index (χ1n) is 11.9. The molecule has 198 valence electrons. The fourth-order valence-electron chi connectivity index (χ4n) is 5.11. The number of aryl methyl sites for hydroxylation is 1. The Kier molecular flexibility index (Phi) is 7.38. The number of alkyl halides is 3. The highest BCUT2D eigenvalue weighted by Crippen LogP contribution is 2.39. The van der Waals surface area contributed by atoms with Crippen LogP contribution in [-0.2, 0) is 21.8 Å². The number of hydrogen-bond acceptors (Lipinski definition) is 5. The fraction of sp³-hybridized carbons (Fsp3) is 0.583. The maximum absolute atomic E-state index is 13.6. The number of urea groups is 1. The predicted octanol–water partition coefficient (Wildman–Crippen LogP) is 3.43. The molecule has 0 radical (unpaired) electrons. The second kappa shape index (κ2) is 10.0. The summed E-state index contributed by atoms with van der Waals surface area (Å²) < 4.78 is 64.2. The number of rotatable bonds is 4. The van der Waals surface area contributed by atoms with E-state index in [1.54, 1.807) is 21.9 Å². The number of aromatic nitrogens is 2. The van der Waals surface area contributed by atoms with E-state index < -0.39 is 27.7 Å². The van der Waals surface area contributed by atoms with Crippen LogP contribution in [0.25, 0.3) is 0 Å². The van der Waals surface area contributed by atoms with Crippen LogP contribution in [0.5, 0.6) is 0 Å². The molecule has 1 aromatic heterocycles. The highest BCUT2D eigenvalue weighted by molar-refractivity contribution is 7.89. The Morgan fingerprint density at radius 1 is 1.14 bits per heavy atom. The summed E-state index contributed by atoms with van der Waals surface area (Å²) >= 11 is 0. The van der Waals surface area contributed by atoms with Crippen LogP contribution < -0.4 is 0 Å². The monoisotopic (exact) mass is 528 g/mol. The predicted molar refractivity (Wildman–Crippen MR) is 127 cm³/mol. The molecule has 2 saturated heterocycles. The molecule has 2 N–H and O–H groups in total. The summed E-state index contributed by atoms with van der Waals surface area (Å²) in [5.41, 5.74) is 0.938. The lowest BCUT2D eigenvalue weighted by Gasteiger charge is -2.41. The number of aliphatic hydroxyl groups is 1. The highest BCUT2D eigenvalue weighted by atomic mass is 32.2. The van der Waals surface area contributed by atoms with Crippen LogP contribution in [0.3, 0.4) is 0 Å². The number of hydrogen-bond donors (Lipinski definition) is 2. The number of carbonyl (C=O) groups is 1. The van der Waals surface area contributed by atoms with Gasteiger partial charge in [0.05, 0.1) is 28.8 Å². The Bertz CT molecular complexity index is 1210. The van der Waals surface area contributed by atoms with Crippen LogP contribution in [0.2, 0.25) is 0 Å². The van der Waals surface area contributed by atoms with E-state index in [0.717, 1.165) is 6.26 Å². The van der Waals surface area contributed by atoms with Crippen molar-refractivity contribution in [2.24, 2.45) is 0 Å². The maximum Gasteiger partial charge on any atom is 0.416 e. The van der Waals surface area contributed by atoms with Gasteiger partial charge in [0.2, 0.25) is 0 Å². The lowest BCUT2D eigenvalue weighted by atomic mass is 9.82. The second-order valence-corrected chi connectivity index (χ2v) is 12.1. The number of benzene rings is 1. The van der Waals surface area contributed by atoms with Crippen LogP contribution in [0.15, 0.2) is 24.3 Å². The number of aliphatic hydroxyl groups excluding tert-OH is 1. The molecule has 2 amide bonds. The van der Waals surface area contributed by atoms with Gasteiger partial charge in [0, 0.05) is 44.3 Å². The average Bonchev–Trinajstić information content (AvgIpc) is 3.25. The number of nitrogens with one attached hydrogen (secondary N) is 1. The van der Waals surface area contributed by atoms with Gasteiger partial charge in [-0.05, 0) is 49.4 Å². The number of piperidine rings is 2. The van der Waals surface area contributed by atoms with Gasteiger partial charge in [-0.3, -0.25) is 5.10 Å². The first-order valence-corrected chi connectivity index (χ1v) is 14.0. The molecule has 2 aliphatic heterocycles. The zero-order chi connectivity index (χ0) is 26.3. The van der Waals surface area contributed by atoms with E-state index in [-0.39, 0.29) is 35.7 Å². The summed E-state index contributed by atoms with van der Waals surface area (Å²) in [5.74, 6) is -0.856. The molecular formula is C24H31F3N4O4S. The van der Waals surface area contributed by atoms with Gasteiger partial charge in [0.15, 0.2) is 9.84 Å². The Labute approximate surface area is 208 Å². The summed E-state index contributed by atoms with van der Waals surface area (Å²) in [4.78, 5) is 16.7. The minimum absolute atomic E-state index is 0.135. The molecule has 4 rings (SSSR count). The van der Waals surface area contributed by atoms with Gasteiger partial charge >= 0.3 is 12.2 Å². The number of H-pyrrole nitrogens is 1. The zero-order valence-corrected chi connectivity index (χ0v) is 21.1. The number of nitrogens with zero attached hydrogens (tertiary/aromatic N) is 3. The molecule has 2 atom stereocenters. The van der Waals surface area contributed by atoms with Crippen molar-refractivity contribution in [3.63, 3.8) is 0 Å². The zero-order valence-electron chi connectivity index (χ0n) is 20.3. The van der Waals surface area contributed by atoms with Crippen molar-refractivity contribution in [1.82, 2.24) is 20.0 Å². The van der Waals surface area contributed by atoms with E-state index in [2.05, 4.69) is 10.2 Å². The smallest absolute Gasteiger partial charge is 0.393 e. The van der Waals surface area contributed by atoms with Crippen molar-refractivity contribution in [1.29, 1.82) is 0 Å². The molecule has 1 aromatic carbocycles. The molecule has 0 aliphatic carbocycles. The van der Waals surface area contributed by atoms with Crippen LogP contribution >= 0.6 is 0 Å². The molecule has 36 heavy (non-hydrogen) atoms. The number of sulfone groups is 1. The molecule has 0 spiro atoms. The molecule has 3 heterocycles. The summed E-state index contributed by atoms with van der Waals surface area (Å²) in [6, 6.07) is 5.74. The van der Waals surface area contributed by atoms with Gasteiger partial charge in [-0.2, -0.15) is 18.3 Å². The van der Waals surface area contributed by atoms with E-state index in [4.69, 9.17) is 0 Å². The van der Waals surface area contributed by atoms with Crippen LogP contribution in [0.1, 0.15) is 59.2 Å². The normalized spacial score (nSPS) is 22.2. The molecule has 8 nitrogen and oxygen atoms in total. The third-order valence-electron chi connectivity index (χ3n) is 6.98. The van der Waals surface area contributed by atoms with Gasteiger partial charge in [0.25, 0.3) is 0 Å². The van der Waals surface area contributed by atoms with Crippen LogP contribution in [0, 0.1) is 6.92 Å². The Morgan fingerprint density at radius 3 is 2.44 bits per heavy atom. The van der Waals surface area contributed by atoms with Crippen LogP contribution in [0.4, 0.5) is 18.0 Å². The quantitative estimate of drug-likeness (QED) is 0.633. The summed E-state index contributed by atoms with van der Waals surface area (Å²) in [6.07, 6.45) is -2.38. The van der Waals surface area contributed by atoms with Crippen LogP contribution in [-0.4, -0.2) is 78.1 Å². The van der Waals surface area contributed by atoms with Crippen molar-refractivity contribution >= 4 is 15.9 Å². The highest BCUT2D eigenvalue weighted by Gasteiger charge is 2.37. The Morgan fingerprint density at radius 2 is 1.81 bits per heavy atom. The number of likely N-dealkylation sites (tertiary alicyclic amines) is 2. The summed E-state index contributed by atoms with van der Waals surface area (Å²) in [5, 5.41) is 16.8. The third-order valence-corrected chi connectivity index (χ3v) is 7.82. The van der Waals surface area contributed by atoms with Crippen molar-refractivity contribution in [2.75, 3.05) is 32.4 Å². The molecular weight excluding hydrogens is 497 g/mol.